The van der Waals surface area contributed by atoms with Crippen molar-refractivity contribution in [1.29, 1.82) is 0 Å². The van der Waals surface area contributed by atoms with E-state index < -0.39 is 0 Å². The van der Waals surface area contributed by atoms with Crippen LogP contribution >= 0.6 is 65.8 Å². The molecule has 0 saturated heterocycles. The molecule has 0 unspecified atom stereocenters. The SMILES string of the molecule is COc1cc2c(cc1OC)-c1sc3cc(OC)c(OC)cc3c1SS2.COc1cc2c(cc1OC)-c1sc3cc(OC)c(OC)cc3c1SS2. The maximum absolute atomic E-state index is 5.49. The second kappa shape index (κ2) is 14.7. The van der Waals surface area contributed by atoms with Crippen LogP contribution in [0.4, 0.5) is 0 Å². The lowest BCUT2D eigenvalue weighted by molar-refractivity contribution is 0.354. The van der Waals surface area contributed by atoms with Crippen LogP contribution in [-0.2, 0) is 0 Å². The smallest absolute Gasteiger partial charge is 0.162 e. The molecule has 0 atom stereocenters. The Morgan fingerprint density at radius 1 is 0.340 bits per heavy atom. The molecule has 0 fully saturated rings. The number of hydrogen-bond acceptors (Lipinski definition) is 14. The molecule has 0 N–H and O–H groups in total. The average Bonchev–Trinajstić information content (AvgIpc) is 3.73. The molecule has 50 heavy (non-hydrogen) atoms. The van der Waals surface area contributed by atoms with Crippen LogP contribution in [0.2, 0.25) is 0 Å². The molecule has 0 amide bonds. The number of ether oxygens (including phenoxy) is 8. The first-order valence-electron chi connectivity index (χ1n) is 15.0. The second-order valence-electron chi connectivity index (χ2n) is 10.7. The fraction of sp³-hybridized carbons (Fsp3) is 0.222. The third kappa shape index (κ3) is 6.03. The van der Waals surface area contributed by atoms with Gasteiger partial charge in [0.25, 0.3) is 0 Å². The standard InChI is InChI=1S/2C18H16O4S3/c2*1-19-11-5-9-15(7-13(11)21-3)23-17-10-6-12(20-2)14(22-4)8-16(10)24-25-18(9)17/h2*5-8H,1-4H3. The van der Waals surface area contributed by atoms with Crippen LogP contribution in [0.1, 0.15) is 0 Å². The molecule has 8 rings (SSSR count). The largest absolute Gasteiger partial charge is 0.493 e. The van der Waals surface area contributed by atoms with Gasteiger partial charge in [-0.15, -0.1) is 22.7 Å². The fourth-order valence-corrected chi connectivity index (χ4v) is 14.0. The lowest BCUT2D eigenvalue weighted by Gasteiger charge is -2.18. The van der Waals surface area contributed by atoms with Gasteiger partial charge in [-0.2, -0.15) is 0 Å². The average molecular weight is 785 g/mol. The minimum Gasteiger partial charge on any atom is -0.493 e. The summed E-state index contributed by atoms with van der Waals surface area (Å²) in [5.74, 6) is 5.99. The normalized spacial score (nSPS) is 12.5. The molecule has 0 saturated carbocycles. The van der Waals surface area contributed by atoms with Gasteiger partial charge in [0.15, 0.2) is 46.0 Å². The number of fused-ring (bicyclic) bond motifs is 10. The summed E-state index contributed by atoms with van der Waals surface area (Å²) in [7, 11) is 20.3. The summed E-state index contributed by atoms with van der Waals surface area (Å²) < 4.78 is 46.0. The molecule has 6 aromatic rings. The van der Waals surface area contributed by atoms with E-state index in [1.165, 1.54) is 60.6 Å². The van der Waals surface area contributed by atoms with E-state index in [9.17, 15) is 0 Å². The first-order valence-corrected chi connectivity index (χ1v) is 20.9. The third-order valence-electron chi connectivity index (χ3n) is 8.19. The number of rotatable bonds is 8. The molecule has 2 aliphatic rings. The van der Waals surface area contributed by atoms with Crippen LogP contribution in [0.15, 0.2) is 68.1 Å². The molecular weight excluding hydrogens is 753 g/mol. The van der Waals surface area contributed by atoms with Crippen molar-refractivity contribution in [3.8, 4) is 66.9 Å². The number of thiophene rings is 2. The van der Waals surface area contributed by atoms with E-state index in [0.29, 0.717) is 0 Å². The molecule has 0 spiro atoms. The summed E-state index contributed by atoms with van der Waals surface area (Å²) in [6.45, 7) is 0. The Kier molecular flexibility index (Phi) is 10.3. The van der Waals surface area contributed by atoms with Gasteiger partial charge in [0, 0.05) is 63.0 Å². The Hall–Kier alpha value is -3.40. The quantitative estimate of drug-likeness (QED) is 0.138. The molecule has 4 heterocycles. The van der Waals surface area contributed by atoms with Gasteiger partial charge in [-0.05, 0) is 36.4 Å². The minimum atomic E-state index is 0.743. The van der Waals surface area contributed by atoms with Crippen molar-refractivity contribution in [2.24, 2.45) is 0 Å². The van der Waals surface area contributed by atoms with Crippen molar-refractivity contribution in [3.63, 3.8) is 0 Å². The Balaban J connectivity index is 0.000000157. The zero-order chi connectivity index (χ0) is 35.1. The first-order chi connectivity index (χ1) is 24.4. The molecule has 0 aliphatic carbocycles. The van der Waals surface area contributed by atoms with Crippen LogP contribution in [0.5, 0.6) is 46.0 Å². The van der Waals surface area contributed by atoms with Crippen molar-refractivity contribution in [1.82, 2.24) is 0 Å². The summed E-state index contributed by atoms with van der Waals surface area (Å²) in [6, 6.07) is 16.4. The van der Waals surface area contributed by atoms with E-state index in [1.807, 2.05) is 24.3 Å². The lowest BCUT2D eigenvalue weighted by atomic mass is 10.1. The summed E-state index contributed by atoms with van der Waals surface area (Å²) in [6.07, 6.45) is 0. The highest BCUT2D eigenvalue weighted by Crippen LogP contribution is 2.61. The van der Waals surface area contributed by atoms with Gasteiger partial charge in [0.2, 0.25) is 0 Å². The molecule has 260 valence electrons. The summed E-state index contributed by atoms with van der Waals surface area (Å²) in [4.78, 5) is 7.35. The van der Waals surface area contributed by atoms with Gasteiger partial charge in [0.05, 0.1) is 66.6 Å². The predicted octanol–water partition coefficient (Wildman–Crippen LogP) is 11.4. The van der Waals surface area contributed by atoms with Crippen LogP contribution in [0, 0.1) is 0 Å². The van der Waals surface area contributed by atoms with E-state index in [1.54, 1.807) is 123 Å². The Labute approximate surface area is 313 Å². The van der Waals surface area contributed by atoms with E-state index in [4.69, 9.17) is 37.9 Å². The minimum absolute atomic E-state index is 0.743. The van der Waals surface area contributed by atoms with Gasteiger partial charge in [-0.25, -0.2) is 0 Å². The number of methoxy groups -OCH3 is 8. The van der Waals surface area contributed by atoms with Gasteiger partial charge < -0.3 is 37.9 Å². The molecule has 0 radical (unpaired) electrons. The lowest BCUT2D eigenvalue weighted by Crippen LogP contribution is -1.94. The maximum Gasteiger partial charge on any atom is 0.162 e. The Bertz CT molecular complexity index is 2090. The molecular formula is C36H32O8S6. The highest BCUT2D eigenvalue weighted by atomic mass is 33.1. The van der Waals surface area contributed by atoms with E-state index in [-0.39, 0.29) is 0 Å². The third-order valence-corrected chi connectivity index (χ3v) is 15.8. The Morgan fingerprint density at radius 2 is 0.640 bits per heavy atom. The monoisotopic (exact) mass is 784 g/mol. The van der Waals surface area contributed by atoms with Gasteiger partial charge >= 0.3 is 0 Å². The molecule has 0 bridgehead atoms. The highest BCUT2D eigenvalue weighted by molar-refractivity contribution is 8.77. The van der Waals surface area contributed by atoms with Crippen LogP contribution in [0.3, 0.4) is 0 Å². The van der Waals surface area contributed by atoms with E-state index in [0.717, 1.165) is 46.0 Å². The van der Waals surface area contributed by atoms with Crippen molar-refractivity contribution in [2.75, 3.05) is 56.9 Å². The topological polar surface area (TPSA) is 73.8 Å². The predicted molar refractivity (Wildman–Crippen MR) is 210 cm³/mol. The maximum atomic E-state index is 5.49. The molecule has 4 aromatic carbocycles. The van der Waals surface area contributed by atoms with Crippen molar-refractivity contribution < 1.29 is 37.9 Å². The summed E-state index contributed by atoms with van der Waals surface area (Å²) >= 11 is 3.52. The highest BCUT2D eigenvalue weighted by Gasteiger charge is 2.27. The second-order valence-corrected chi connectivity index (χ2v) is 17.1. The zero-order valence-corrected chi connectivity index (χ0v) is 33.2. The molecule has 8 nitrogen and oxygen atoms in total. The van der Waals surface area contributed by atoms with Gasteiger partial charge in [-0.1, -0.05) is 43.2 Å². The van der Waals surface area contributed by atoms with Crippen molar-refractivity contribution in [2.45, 2.75) is 19.6 Å². The van der Waals surface area contributed by atoms with Gasteiger partial charge in [0.1, 0.15) is 0 Å². The van der Waals surface area contributed by atoms with Crippen LogP contribution in [0.25, 0.3) is 41.1 Å². The Morgan fingerprint density at radius 3 is 0.980 bits per heavy atom. The first kappa shape index (κ1) is 35.0. The molecule has 2 aromatic heterocycles. The van der Waals surface area contributed by atoms with Crippen LogP contribution in [-0.4, -0.2) is 56.9 Å². The van der Waals surface area contributed by atoms with Crippen molar-refractivity contribution in [3.05, 3.63) is 48.5 Å². The zero-order valence-electron chi connectivity index (χ0n) is 28.3. The van der Waals surface area contributed by atoms with E-state index >= 15 is 0 Å². The number of benzene rings is 4. The molecule has 14 heteroatoms. The van der Waals surface area contributed by atoms with E-state index in [2.05, 4.69) is 24.3 Å². The summed E-state index contributed by atoms with van der Waals surface area (Å²) in [5, 5.41) is 2.38. The van der Waals surface area contributed by atoms with Gasteiger partial charge in [-0.3, -0.25) is 0 Å². The number of hydrogen-bond donors (Lipinski definition) is 0. The van der Waals surface area contributed by atoms with Crippen LogP contribution < -0.4 is 37.9 Å². The fourth-order valence-electron chi connectivity index (χ4n) is 5.71. The molecule has 2 aliphatic heterocycles. The van der Waals surface area contributed by atoms with Crippen molar-refractivity contribution >= 4 is 86.0 Å². The summed E-state index contributed by atoms with van der Waals surface area (Å²) in [5.41, 5.74) is 2.35.